The van der Waals surface area contributed by atoms with Gasteiger partial charge in [0, 0.05) is 24.9 Å². The summed E-state index contributed by atoms with van der Waals surface area (Å²) in [6.07, 6.45) is 3.98. The van der Waals surface area contributed by atoms with Crippen molar-refractivity contribution in [1.82, 2.24) is 19.7 Å². The third kappa shape index (κ3) is 4.34. The van der Waals surface area contributed by atoms with Crippen LogP contribution in [0.4, 0.5) is 0 Å². The van der Waals surface area contributed by atoms with Crippen LogP contribution in [0.2, 0.25) is 0 Å². The summed E-state index contributed by atoms with van der Waals surface area (Å²) in [5.41, 5.74) is 1.07. The third-order valence-electron chi connectivity index (χ3n) is 5.03. The molecule has 1 unspecified atom stereocenters. The van der Waals surface area contributed by atoms with E-state index in [4.69, 9.17) is 14.2 Å². The van der Waals surface area contributed by atoms with Crippen LogP contribution < -0.4 is 18.9 Å². The Morgan fingerprint density at radius 3 is 2.67 bits per heavy atom. The average Bonchev–Trinajstić information content (AvgIpc) is 3.12. The zero-order valence-electron chi connectivity index (χ0n) is 17.6. The van der Waals surface area contributed by atoms with E-state index < -0.39 is 16.1 Å². The Morgan fingerprint density at radius 2 is 1.85 bits per heavy atom. The molecule has 0 radical (unpaired) electrons. The zero-order valence-corrected chi connectivity index (χ0v) is 19.2. The summed E-state index contributed by atoms with van der Waals surface area (Å²) in [7, 11) is -2.49. The van der Waals surface area contributed by atoms with Crippen molar-refractivity contribution in [2.45, 2.75) is 17.4 Å². The Bertz CT molecular complexity index is 1370. The van der Waals surface area contributed by atoms with Crippen LogP contribution >= 0.6 is 11.3 Å². The number of methoxy groups -OCH3 is 1. The monoisotopic (exact) mass is 484 g/mol. The number of hydrogen-bond donors (Lipinski definition) is 1. The summed E-state index contributed by atoms with van der Waals surface area (Å²) in [6, 6.07) is 10.7. The molecule has 9 nitrogen and oxygen atoms in total. The van der Waals surface area contributed by atoms with Gasteiger partial charge in [0.05, 0.1) is 25.2 Å². The van der Waals surface area contributed by atoms with Crippen molar-refractivity contribution in [3.8, 4) is 17.2 Å². The van der Waals surface area contributed by atoms with E-state index in [2.05, 4.69) is 19.7 Å². The molecule has 5 rings (SSSR count). The van der Waals surface area contributed by atoms with Crippen molar-refractivity contribution in [3.05, 3.63) is 65.6 Å². The number of thiazole rings is 1. The van der Waals surface area contributed by atoms with Gasteiger partial charge in [0.2, 0.25) is 10.0 Å². The summed E-state index contributed by atoms with van der Waals surface area (Å²) in [4.78, 5) is 14.1. The van der Waals surface area contributed by atoms with Gasteiger partial charge in [-0.15, -0.1) is 0 Å². The molecule has 0 saturated heterocycles. The lowest BCUT2D eigenvalue weighted by molar-refractivity contribution is 0.297. The first-order valence-corrected chi connectivity index (χ1v) is 12.5. The molecule has 1 aromatic carbocycles. The second-order valence-electron chi connectivity index (χ2n) is 7.18. The Morgan fingerprint density at radius 1 is 1.06 bits per heavy atom. The lowest BCUT2D eigenvalue weighted by atomic mass is 10.2. The standard InChI is InChI=1S/C22H20N4O5S2/c1-29-17-6-3-9-23-19(17)20(22-25-15-5-2-10-24-21(15)32-22)26-33(27,28)14-7-8-16-18(13-14)31-12-4-11-30-16/h2-3,5-10,13,20,26H,4,11-12H2,1H3. The maximum Gasteiger partial charge on any atom is 0.241 e. The van der Waals surface area contributed by atoms with Crippen molar-refractivity contribution in [3.63, 3.8) is 0 Å². The van der Waals surface area contributed by atoms with Crippen molar-refractivity contribution in [1.29, 1.82) is 0 Å². The summed E-state index contributed by atoms with van der Waals surface area (Å²) in [6.45, 7) is 0.973. The van der Waals surface area contributed by atoms with Crippen molar-refractivity contribution < 1.29 is 22.6 Å². The van der Waals surface area contributed by atoms with Crippen LogP contribution in [0.25, 0.3) is 10.3 Å². The summed E-state index contributed by atoms with van der Waals surface area (Å²) in [5.74, 6) is 1.36. The molecule has 0 aliphatic carbocycles. The first-order chi connectivity index (χ1) is 16.0. The van der Waals surface area contributed by atoms with E-state index in [1.54, 1.807) is 36.7 Å². The first-order valence-electron chi connectivity index (χ1n) is 10.2. The van der Waals surface area contributed by atoms with Crippen LogP contribution in [0.3, 0.4) is 0 Å². The minimum absolute atomic E-state index is 0.0471. The highest BCUT2D eigenvalue weighted by Gasteiger charge is 2.30. The van der Waals surface area contributed by atoms with Crippen LogP contribution in [-0.4, -0.2) is 43.7 Å². The number of aromatic nitrogens is 3. The number of hydrogen-bond acceptors (Lipinski definition) is 9. The maximum absolute atomic E-state index is 13.5. The van der Waals surface area contributed by atoms with E-state index in [9.17, 15) is 8.42 Å². The van der Waals surface area contributed by atoms with Crippen molar-refractivity contribution in [2.24, 2.45) is 0 Å². The Balaban J connectivity index is 1.57. The number of nitrogens with zero attached hydrogens (tertiary/aromatic N) is 3. The normalized spacial score (nSPS) is 14.6. The SMILES string of the molecule is COc1cccnc1C(NS(=O)(=O)c1ccc2c(c1)OCCCO2)c1nc2cccnc2s1. The Hall–Kier alpha value is -3.28. The predicted molar refractivity (Wildman–Crippen MR) is 122 cm³/mol. The van der Waals surface area contributed by atoms with E-state index in [1.165, 1.54) is 30.6 Å². The van der Waals surface area contributed by atoms with E-state index in [-0.39, 0.29) is 4.90 Å². The largest absolute Gasteiger partial charge is 0.495 e. The quantitative estimate of drug-likeness (QED) is 0.444. The molecular formula is C22H20N4O5S2. The molecule has 11 heteroatoms. The molecule has 0 saturated carbocycles. The molecule has 1 aliphatic heterocycles. The summed E-state index contributed by atoms with van der Waals surface area (Å²) < 4.78 is 46.4. The van der Waals surface area contributed by atoms with Crippen LogP contribution in [-0.2, 0) is 10.0 Å². The zero-order chi connectivity index (χ0) is 22.8. The number of sulfonamides is 1. The van der Waals surface area contributed by atoms with Gasteiger partial charge < -0.3 is 14.2 Å². The van der Waals surface area contributed by atoms with Gasteiger partial charge in [0.1, 0.15) is 32.8 Å². The van der Waals surface area contributed by atoms with Crippen LogP contribution in [0.1, 0.15) is 23.2 Å². The fourth-order valence-electron chi connectivity index (χ4n) is 3.46. The van der Waals surface area contributed by atoms with Gasteiger partial charge in [0.25, 0.3) is 0 Å². The Labute approximate surface area is 194 Å². The highest BCUT2D eigenvalue weighted by Crippen LogP contribution is 2.35. The molecule has 1 N–H and O–H groups in total. The lowest BCUT2D eigenvalue weighted by Gasteiger charge is -2.19. The number of ether oxygens (including phenoxy) is 3. The fraction of sp³-hybridized carbons (Fsp3) is 0.227. The Kier molecular flexibility index (Phi) is 5.83. The maximum atomic E-state index is 13.5. The fourth-order valence-corrected chi connectivity index (χ4v) is 5.68. The second-order valence-corrected chi connectivity index (χ2v) is 9.91. The molecule has 1 atom stereocenters. The average molecular weight is 485 g/mol. The number of fused-ring (bicyclic) bond motifs is 2. The molecule has 0 bridgehead atoms. The van der Waals surface area contributed by atoms with Gasteiger partial charge in [-0.1, -0.05) is 11.3 Å². The van der Waals surface area contributed by atoms with Gasteiger partial charge in [0.15, 0.2) is 11.5 Å². The molecule has 4 aromatic rings. The van der Waals surface area contributed by atoms with Gasteiger partial charge in [-0.2, -0.15) is 4.72 Å². The molecule has 33 heavy (non-hydrogen) atoms. The summed E-state index contributed by atoms with van der Waals surface area (Å²) in [5, 5.41) is 0.499. The number of benzene rings is 1. The number of pyridine rings is 2. The van der Waals surface area contributed by atoms with Gasteiger partial charge in [-0.25, -0.2) is 18.4 Å². The molecule has 3 aromatic heterocycles. The smallest absolute Gasteiger partial charge is 0.241 e. The minimum atomic E-state index is -4.00. The number of nitrogens with one attached hydrogen (secondary N) is 1. The highest BCUT2D eigenvalue weighted by molar-refractivity contribution is 7.89. The van der Waals surface area contributed by atoms with Gasteiger partial charge in [-0.05, 0) is 36.4 Å². The van der Waals surface area contributed by atoms with E-state index in [0.717, 1.165) is 6.42 Å². The predicted octanol–water partition coefficient (Wildman–Crippen LogP) is 3.32. The van der Waals surface area contributed by atoms with E-state index in [0.29, 0.717) is 51.5 Å². The van der Waals surface area contributed by atoms with Crippen LogP contribution in [0.15, 0.2) is 59.8 Å². The van der Waals surface area contributed by atoms with Crippen LogP contribution in [0, 0.1) is 0 Å². The highest BCUT2D eigenvalue weighted by atomic mass is 32.2. The topological polar surface area (TPSA) is 113 Å². The summed E-state index contributed by atoms with van der Waals surface area (Å²) >= 11 is 1.29. The molecule has 4 heterocycles. The first kappa shape index (κ1) is 21.6. The molecule has 1 aliphatic rings. The van der Waals surface area contributed by atoms with E-state index in [1.807, 2.05) is 6.07 Å². The third-order valence-corrected chi connectivity index (χ3v) is 7.49. The molecule has 0 fully saturated rings. The minimum Gasteiger partial charge on any atom is -0.495 e. The molecule has 0 amide bonds. The number of rotatable bonds is 6. The lowest BCUT2D eigenvalue weighted by Crippen LogP contribution is -2.30. The van der Waals surface area contributed by atoms with Gasteiger partial charge in [-0.3, -0.25) is 4.98 Å². The van der Waals surface area contributed by atoms with Crippen LogP contribution in [0.5, 0.6) is 17.2 Å². The molecular weight excluding hydrogens is 464 g/mol. The van der Waals surface area contributed by atoms with Crippen molar-refractivity contribution in [2.75, 3.05) is 20.3 Å². The molecule has 0 spiro atoms. The van der Waals surface area contributed by atoms with Gasteiger partial charge >= 0.3 is 0 Å². The van der Waals surface area contributed by atoms with Crippen molar-refractivity contribution >= 4 is 31.7 Å². The van der Waals surface area contributed by atoms with E-state index >= 15 is 0 Å². The molecule has 170 valence electrons. The second kappa shape index (κ2) is 8.93.